The third kappa shape index (κ3) is 4.50. The van der Waals surface area contributed by atoms with Gasteiger partial charge >= 0.3 is 5.97 Å². The summed E-state index contributed by atoms with van der Waals surface area (Å²) in [6.07, 6.45) is 3.49. The number of nitrogens with zero attached hydrogens (tertiary/aromatic N) is 1. The lowest BCUT2D eigenvalue weighted by molar-refractivity contribution is -0.145. The lowest BCUT2D eigenvalue weighted by atomic mass is 9.81. The molecule has 0 saturated heterocycles. The molecule has 0 radical (unpaired) electrons. The highest BCUT2D eigenvalue weighted by Crippen LogP contribution is 2.30. The number of aliphatic carboxylic acids is 1. The minimum Gasteiger partial charge on any atom is -0.484 e. The van der Waals surface area contributed by atoms with E-state index < -0.39 is 17.4 Å². The lowest BCUT2D eigenvalue weighted by Gasteiger charge is -2.34. The predicted octanol–water partition coefficient (Wildman–Crippen LogP) is 3.84. The summed E-state index contributed by atoms with van der Waals surface area (Å²) in [5.74, 6) is -0.234. The molecule has 1 fully saturated rings. The number of halogens is 1. The van der Waals surface area contributed by atoms with Gasteiger partial charge in [0.05, 0.1) is 10.2 Å². The van der Waals surface area contributed by atoms with Crippen molar-refractivity contribution in [2.45, 2.75) is 51.2 Å². The molecule has 1 heterocycles. The van der Waals surface area contributed by atoms with Crippen LogP contribution in [-0.2, 0) is 11.4 Å². The summed E-state index contributed by atoms with van der Waals surface area (Å²) >= 11 is 3.39. The van der Waals surface area contributed by atoms with Crippen molar-refractivity contribution in [2.75, 3.05) is 0 Å². The van der Waals surface area contributed by atoms with E-state index >= 15 is 0 Å². The zero-order valence-electron chi connectivity index (χ0n) is 15.0. The van der Waals surface area contributed by atoms with Crippen molar-refractivity contribution in [1.82, 2.24) is 10.5 Å². The van der Waals surface area contributed by atoms with Gasteiger partial charge in [-0.15, -0.1) is 0 Å². The highest BCUT2D eigenvalue weighted by molar-refractivity contribution is 9.10. The first-order chi connectivity index (χ1) is 12.9. The minimum atomic E-state index is -1.18. The molecule has 7 nitrogen and oxygen atoms in total. The second-order valence-electron chi connectivity index (χ2n) is 6.77. The Hall–Kier alpha value is -2.35. The first-order valence-electron chi connectivity index (χ1n) is 8.80. The summed E-state index contributed by atoms with van der Waals surface area (Å²) in [6.45, 7) is 2.04. The standard InChI is InChI=1S/C19H21BrN2O5/c1-12-9-14(27-22-12)11-26-16-6-5-13(10-15(16)20)17(23)21-19(18(24)25)7-3-2-4-8-19/h5-6,9-10H,2-4,7-8,11H2,1H3,(H,21,23)(H,24,25). The number of benzene rings is 1. The molecule has 1 saturated carbocycles. The van der Waals surface area contributed by atoms with Crippen molar-refractivity contribution in [2.24, 2.45) is 0 Å². The maximum atomic E-state index is 12.6. The Labute approximate surface area is 165 Å². The van der Waals surface area contributed by atoms with E-state index in [1.807, 2.05) is 6.92 Å². The van der Waals surface area contributed by atoms with E-state index in [1.165, 1.54) is 0 Å². The van der Waals surface area contributed by atoms with Gasteiger partial charge in [0.2, 0.25) is 0 Å². The number of aromatic nitrogens is 1. The van der Waals surface area contributed by atoms with Crippen molar-refractivity contribution < 1.29 is 24.0 Å². The summed E-state index contributed by atoms with van der Waals surface area (Å²) in [6, 6.07) is 6.68. The Kier molecular flexibility index (Phi) is 5.84. The van der Waals surface area contributed by atoms with Crippen LogP contribution in [0.4, 0.5) is 0 Å². The molecule has 0 spiro atoms. The third-order valence-corrected chi connectivity index (χ3v) is 5.33. The van der Waals surface area contributed by atoms with Crippen LogP contribution in [0.15, 0.2) is 33.3 Å². The SMILES string of the molecule is Cc1cc(COc2ccc(C(=O)NC3(C(=O)O)CCCCC3)cc2Br)on1. The van der Waals surface area contributed by atoms with Crippen LogP contribution in [0.2, 0.25) is 0 Å². The van der Waals surface area contributed by atoms with Crippen LogP contribution in [0.25, 0.3) is 0 Å². The smallest absolute Gasteiger partial charge is 0.329 e. The third-order valence-electron chi connectivity index (χ3n) is 4.71. The minimum absolute atomic E-state index is 0.215. The molecule has 1 amide bonds. The lowest BCUT2D eigenvalue weighted by Crippen LogP contribution is -2.55. The summed E-state index contributed by atoms with van der Waals surface area (Å²) in [5.41, 5.74) is -0.0353. The molecule has 0 aliphatic heterocycles. The van der Waals surface area contributed by atoms with Gasteiger partial charge in [0.15, 0.2) is 5.76 Å². The number of hydrogen-bond acceptors (Lipinski definition) is 5. The van der Waals surface area contributed by atoms with Crippen LogP contribution in [0.1, 0.15) is 53.9 Å². The molecule has 0 unspecified atom stereocenters. The molecule has 2 aromatic rings. The Balaban J connectivity index is 1.68. The topological polar surface area (TPSA) is 102 Å². The highest BCUT2D eigenvalue weighted by atomic mass is 79.9. The van der Waals surface area contributed by atoms with Crippen LogP contribution in [-0.4, -0.2) is 27.7 Å². The quantitative estimate of drug-likeness (QED) is 0.712. The van der Waals surface area contributed by atoms with E-state index in [0.29, 0.717) is 34.4 Å². The van der Waals surface area contributed by atoms with Crippen LogP contribution >= 0.6 is 15.9 Å². The molecule has 1 aliphatic carbocycles. The number of hydrogen-bond donors (Lipinski definition) is 2. The van der Waals surface area contributed by atoms with Crippen molar-refractivity contribution in [3.8, 4) is 5.75 Å². The first-order valence-corrected chi connectivity index (χ1v) is 9.59. The van der Waals surface area contributed by atoms with E-state index in [1.54, 1.807) is 24.3 Å². The normalized spacial score (nSPS) is 15.9. The molecule has 1 aromatic carbocycles. The summed E-state index contributed by atoms with van der Waals surface area (Å²) in [7, 11) is 0. The maximum Gasteiger partial charge on any atom is 0.329 e. The molecule has 0 bridgehead atoms. The molecule has 144 valence electrons. The summed E-state index contributed by atoms with van der Waals surface area (Å²) in [4.78, 5) is 24.3. The fourth-order valence-electron chi connectivity index (χ4n) is 3.23. The number of amides is 1. The van der Waals surface area contributed by atoms with Crippen LogP contribution < -0.4 is 10.1 Å². The Morgan fingerprint density at radius 2 is 2.04 bits per heavy atom. The number of nitrogens with one attached hydrogen (secondary N) is 1. The Morgan fingerprint density at radius 1 is 1.30 bits per heavy atom. The molecule has 0 atom stereocenters. The van der Waals surface area contributed by atoms with Gasteiger partial charge in [-0.2, -0.15) is 0 Å². The number of carboxylic acid groups (broad SMARTS) is 1. The van der Waals surface area contributed by atoms with E-state index in [-0.39, 0.29) is 6.61 Å². The van der Waals surface area contributed by atoms with Gasteiger partial charge in [-0.3, -0.25) is 4.79 Å². The fourth-order valence-corrected chi connectivity index (χ4v) is 3.72. The van der Waals surface area contributed by atoms with Gasteiger partial charge in [-0.1, -0.05) is 24.4 Å². The summed E-state index contributed by atoms with van der Waals surface area (Å²) < 4.78 is 11.4. The second kappa shape index (κ2) is 8.12. The van der Waals surface area contributed by atoms with E-state index in [4.69, 9.17) is 9.26 Å². The predicted molar refractivity (Wildman–Crippen MR) is 101 cm³/mol. The zero-order valence-corrected chi connectivity index (χ0v) is 16.5. The molecular weight excluding hydrogens is 416 g/mol. The summed E-state index contributed by atoms with van der Waals surface area (Å²) in [5, 5.41) is 16.1. The van der Waals surface area contributed by atoms with Crippen molar-refractivity contribution in [3.63, 3.8) is 0 Å². The van der Waals surface area contributed by atoms with Gasteiger partial charge in [-0.05, 0) is 53.9 Å². The number of carbonyl (C=O) groups is 2. The molecule has 1 aromatic heterocycles. The largest absolute Gasteiger partial charge is 0.484 e. The molecule has 27 heavy (non-hydrogen) atoms. The molecule has 8 heteroatoms. The van der Waals surface area contributed by atoms with Gasteiger partial charge in [-0.25, -0.2) is 4.79 Å². The highest BCUT2D eigenvalue weighted by Gasteiger charge is 2.41. The van der Waals surface area contributed by atoms with Gasteiger partial charge in [0.1, 0.15) is 17.9 Å². The van der Waals surface area contributed by atoms with Crippen LogP contribution in [0, 0.1) is 6.92 Å². The zero-order chi connectivity index (χ0) is 19.4. The number of aryl methyl sites for hydroxylation is 1. The second-order valence-corrected chi connectivity index (χ2v) is 7.62. The Bertz CT molecular complexity index is 842. The van der Waals surface area contributed by atoms with Gasteiger partial charge in [0.25, 0.3) is 5.91 Å². The first kappa shape index (κ1) is 19.4. The fraction of sp³-hybridized carbons (Fsp3) is 0.421. The van der Waals surface area contributed by atoms with E-state index in [9.17, 15) is 14.7 Å². The number of rotatable bonds is 6. The Morgan fingerprint density at radius 3 is 2.63 bits per heavy atom. The molecule has 3 rings (SSSR count). The molecular formula is C19H21BrN2O5. The van der Waals surface area contributed by atoms with Gasteiger partial charge < -0.3 is 19.7 Å². The maximum absolute atomic E-state index is 12.6. The van der Waals surface area contributed by atoms with Gasteiger partial charge in [0, 0.05) is 11.6 Å². The molecule has 1 aliphatic rings. The number of ether oxygens (including phenoxy) is 1. The van der Waals surface area contributed by atoms with Crippen molar-refractivity contribution >= 4 is 27.8 Å². The van der Waals surface area contributed by atoms with E-state index in [2.05, 4.69) is 26.4 Å². The monoisotopic (exact) mass is 436 g/mol. The van der Waals surface area contributed by atoms with Crippen molar-refractivity contribution in [1.29, 1.82) is 0 Å². The van der Waals surface area contributed by atoms with E-state index in [0.717, 1.165) is 25.0 Å². The average Bonchev–Trinajstić information content (AvgIpc) is 3.06. The number of carbonyl (C=O) groups excluding carboxylic acids is 1. The number of carboxylic acids is 1. The molecule has 2 N–H and O–H groups in total. The van der Waals surface area contributed by atoms with Crippen LogP contribution in [0.5, 0.6) is 5.75 Å². The van der Waals surface area contributed by atoms with Crippen molar-refractivity contribution in [3.05, 3.63) is 45.8 Å². The van der Waals surface area contributed by atoms with Crippen LogP contribution in [0.3, 0.4) is 0 Å². The average molecular weight is 437 g/mol.